The molecule has 0 spiro atoms. The molecule has 0 aliphatic carbocycles. The van der Waals surface area contributed by atoms with Crippen molar-refractivity contribution in [2.75, 3.05) is 20.8 Å². The molecule has 50 heavy (non-hydrogen) atoms. The van der Waals surface area contributed by atoms with Crippen LogP contribution in [0.5, 0.6) is 11.5 Å². The van der Waals surface area contributed by atoms with Crippen molar-refractivity contribution in [2.45, 2.75) is 50.8 Å². The molecular formula is C43H44O7. The number of methoxy groups -OCH3 is 2. The highest BCUT2D eigenvalue weighted by Gasteiger charge is 2.46. The van der Waals surface area contributed by atoms with Crippen LogP contribution in [0.4, 0.5) is 0 Å². The molecule has 4 atom stereocenters. The third-order valence-corrected chi connectivity index (χ3v) is 8.48. The third kappa shape index (κ3) is 9.83. The standard InChI is InChI=1S/C43H44O7/c1-44-37-23-36(24-38(26-37)45-2)25-39-41(47-28-33-17-9-4-10-18-33)43(49-30-35-21-13-6-14-22-35)42(48-29-34-19-11-5-12-20-34)40(50-39)31-46-27-32-15-7-3-8-16-32/h3-26,40-43H,27-31H2,1-2H3/b39-25-/t40-,41+,42-,43-/m1/s1. The fourth-order valence-electron chi connectivity index (χ4n) is 5.90. The van der Waals surface area contributed by atoms with Crippen LogP contribution in [0, 0.1) is 0 Å². The predicted molar refractivity (Wildman–Crippen MR) is 194 cm³/mol. The lowest BCUT2D eigenvalue weighted by molar-refractivity contribution is -0.222. The van der Waals surface area contributed by atoms with Crippen molar-refractivity contribution in [3.8, 4) is 11.5 Å². The van der Waals surface area contributed by atoms with Gasteiger partial charge in [-0.1, -0.05) is 121 Å². The summed E-state index contributed by atoms with van der Waals surface area (Å²) in [5.74, 6) is 1.93. The minimum absolute atomic E-state index is 0.268. The molecule has 1 saturated heterocycles. The van der Waals surface area contributed by atoms with Gasteiger partial charge < -0.3 is 33.2 Å². The lowest BCUT2D eigenvalue weighted by atomic mass is 9.95. The number of hydrogen-bond donors (Lipinski definition) is 0. The van der Waals surface area contributed by atoms with E-state index in [0.29, 0.717) is 43.7 Å². The molecule has 1 aliphatic rings. The quantitative estimate of drug-likeness (QED) is 0.104. The van der Waals surface area contributed by atoms with Crippen molar-refractivity contribution in [1.82, 2.24) is 0 Å². The zero-order chi connectivity index (χ0) is 34.4. The lowest BCUT2D eigenvalue weighted by Gasteiger charge is -2.43. The van der Waals surface area contributed by atoms with Crippen molar-refractivity contribution in [1.29, 1.82) is 0 Å². The van der Waals surface area contributed by atoms with E-state index in [1.54, 1.807) is 14.2 Å². The van der Waals surface area contributed by atoms with Crippen LogP contribution < -0.4 is 9.47 Å². The molecule has 5 aromatic carbocycles. The van der Waals surface area contributed by atoms with Gasteiger partial charge in [0, 0.05) is 6.07 Å². The van der Waals surface area contributed by atoms with Gasteiger partial charge in [-0.3, -0.25) is 0 Å². The molecule has 1 aliphatic heterocycles. The normalized spacial score (nSPS) is 19.5. The number of hydrogen-bond acceptors (Lipinski definition) is 7. The van der Waals surface area contributed by atoms with E-state index in [4.69, 9.17) is 33.2 Å². The molecule has 7 nitrogen and oxygen atoms in total. The topological polar surface area (TPSA) is 64.6 Å². The van der Waals surface area contributed by atoms with Crippen molar-refractivity contribution >= 4 is 6.08 Å². The van der Waals surface area contributed by atoms with E-state index in [1.807, 2.05) is 121 Å². The first kappa shape index (κ1) is 34.9. The highest BCUT2D eigenvalue weighted by molar-refractivity contribution is 5.58. The van der Waals surface area contributed by atoms with Gasteiger partial charge in [0.1, 0.15) is 35.6 Å². The fourth-order valence-corrected chi connectivity index (χ4v) is 5.90. The Labute approximate surface area is 295 Å². The molecular weight excluding hydrogens is 628 g/mol. The summed E-state index contributed by atoms with van der Waals surface area (Å²) in [7, 11) is 3.27. The first-order chi connectivity index (χ1) is 24.7. The average Bonchev–Trinajstić information content (AvgIpc) is 3.17. The summed E-state index contributed by atoms with van der Waals surface area (Å²) in [4.78, 5) is 0. The maximum atomic E-state index is 6.88. The van der Waals surface area contributed by atoms with Crippen LogP contribution >= 0.6 is 0 Å². The molecule has 0 bridgehead atoms. The summed E-state index contributed by atoms with van der Waals surface area (Å²) >= 11 is 0. The Morgan fingerprint density at radius 2 is 0.960 bits per heavy atom. The van der Waals surface area contributed by atoms with Gasteiger partial charge in [-0.15, -0.1) is 0 Å². The summed E-state index contributed by atoms with van der Waals surface area (Å²) in [5, 5.41) is 0. The van der Waals surface area contributed by atoms with E-state index in [0.717, 1.165) is 27.8 Å². The van der Waals surface area contributed by atoms with Crippen LogP contribution in [0.25, 0.3) is 6.08 Å². The van der Waals surface area contributed by atoms with Gasteiger partial charge >= 0.3 is 0 Å². The molecule has 1 heterocycles. The van der Waals surface area contributed by atoms with E-state index in [-0.39, 0.29) is 6.61 Å². The van der Waals surface area contributed by atoms with Crippen molar-refractivity contribution in [3.63, 3.8) is 0 Å². The van der Waals surface area contributed by atoms with Crippen molar-refractivity contribution < 1.29 is 33.2 Å². The molecule has 0 unspecified atom stereocenters. The largest absolute Gasteiger partial charge is 0.497 e. The SMILES string of the molecule is COc1cc(/C=C2\O[C@H](COCc3ccccc3)[C@@H](OCc3ccccc3)[C@H](OCc3ccccc3)[C@H]2OCc2ccccc2)cc(OC)c1. The summed E-state index contributed by atoms with van der Waals surface area (Å²) in [6.07, 6.45) is -0.259. The molecule has 0 saturated carbocycles. The highest BCUT2D eigenvalue weighted by atomic mass is 16.6. The molecule has 0 radical (unpaired) electrons. The molecule has 6 rings (SSSR count). The summed E-state index contributed by atoms with van der Waals surface area (Å²) in [6, 6.07) is 46.2. The maximum Gasteiger partial charge on any atom is 0.150 e. The smallest absolute Gasteiger partial charge is 0.150 e. The third-order valence-electron chi connectivity index (χ3n) is 8.48. The van der Waals surface area contributed by atoms with E-state index in [2.05, 4.69) is 24.3 Å². The number of ether oxygens (including phenoxy) is 7. The first-order valence-electron chi connectivity index (χ1n) is 16.9. The van der Waals surface area contributed by atoms with E-state index in [1.165, 1.54) is 0 Å². The second-order valence-electron chi connectivity index (χ2n) is 12.1. The monoisotopic (exact) mass is 672 g/mol. The minimum atomic E-state index is -0.623. The van der Waals surface area contributed by atoms with E-state index in [9.17, 15) is 0 Å². The van der Waals surface area contributed by atoms with Crippen molar-refractivity contribution in [2.24, 2.45) is 0 Å². The molecule has 0 amide bonds. The second-order valence-corrected chi connectivity index (χ2v) is 12.1. The average molecular weight is 673 g/mol. The van der Waals surface area contributed by atoms with Crippen LogP contribution in [0.2, 0.25) is 0 Å². The predicted octanol–water partition coefficient (Wildman–Crippen LogP) is 8.42. The Morgan fingerprint density at radius 3 is 1.44 bits per heavy atom. The van der Waals surface area contributed by atoms with Crippen LogP contribution in [0.1, 0.15) is 27.8 Å². The molecule has 258 valence electrons. The molecule has 5 aromatic rings. The van der Waals surface area contributed by atoms with Crippen LogP contribution in [-0.2, 0) is 50.1 Å². The van der Waals surface area contributed by atoms with Crippen LogP contribution in [0.3, 0.4) is 0 Å². The Hall–Kier alpha value is -4.92. The zero-order valence-electron chi connectivity index (χ0n) is 28.6. The zero-order valence-corrected chi connectivity index (χ0v) is 28.6. The fraction of sp³-hybridized carbons (Fsp3) is 0.256. The first-order valence-corrected chi connectivity index (χ1v) is 16.9. The van der Waals surface area contributed by atoms with Crippen LogP contribution in [-0.4, -0.2) is 45.2 Å². The van der Waals surface area contributed by atoms with Gasteiger partial charge in [-0.25, -0.2) is 0 Å². The summed E-state index contributed by atoms with van der Waals surface area (Å²) in [6.45, 7) is 1.78. The van der Waals surface area contributed by atoms with Gasteiger partial charge in [0.25, 0.3) is 0 Å². The van der Waals surface area contributed by atoms with Gasteiger partial charge in [-0.2, -0.15) is 0 Å². The molecule has 1 fully saturated rings. The van der Waals surface area contributed by atoms with Crippen molar-refractivity contribution in [3.05, 3.63) is 173 Å². The molecule has 7 heteroatoms. The lowest BCUT2D eigenvalue weighted by Crippen LogP contribution is -2.56. The second kappa shape index (κ2) is 18.2. The van der Waals surface area contributed by atoms with Crippen LogP contribution in [0.15, 0.2) is 145 Å². The Bertz CT molecular complexity index is 1720. The van der Waals surface area contributed by atoms with Gasteiger partial charge in [0.2, 0.25) is 0 Å². The van der Waals surface area contributed by atoms with E-state index >= 15 is 0 Å². The number of rotatable bonds is 16. The number of benzene rings is 5. The van der Waals surface area contributed by atoms with Gasteiger partial charge in [0.05, 0.1) is 47.3 Å². The Kier molecular flexibility index (Phi) is 12.7. The molecule has 0 N–H and O–H groups in total. The highest BCUT2D eigenvalue weighted by Crippen LogP contribution is 2.35. The Balaban J connectivity index is 1.38. The van der Waals surface area contributed by atoms with E-state index < -0.39 is 24.4 Å². The van der Waals surface area contributed by atoms with Gasteiger partial charge in [-0.05, 0) is 46.0 Å². The maximum absolute atomic E-state index is 6.88. The molecule has 0 aromatic heterocycles. The summed E-state index contributed by atoms with van der Waals surface area (Å²) < 4.78 is 44.8. The Morgan fingerprint density at radius 1 is 0.520 bits per heavy atom. The van der Waals surface area contributed by atoms with Gasteiger partial charge in [0.15, 0.2) is 6.10 Å². The summed E-state index contributed by atoms with van der Waals surface area (Å²) in [5.41, 5.74) is 5.03. The minimum Gasteiger partial charge on any atom is -0.497 e.